The molecule has 108 valence electrons. The van der Waals surface area contributed by atoms with Crippen LogP contribution in [0, 0.1) is 0 Å². The van der Waals surface area contributed by atoms with Crippen molar-refractivity contribution < 1.29 is 4.52 Å². The zero-order valence-corrected chi connectivity index (χ0v) is 12.1. The number of tetrazole rings is 1. The lowest BCUT2D eigenvalue weighted by molar-refractivity contribution is 0.385. The van der Waals surface area contributed by atoms with E-state index < -0.39 is 0 Å². The maximum absolute atomic E-state index is 5.14. The summed E-state index contributed by atoms with van der Waals surface area (Å²) in [6.07, 6.45) is 3.35. The molecular formula is C11H17N7OS. The first kappa shape index (κ1) is 13.5. The van der Waals surface area contributed by atoms with Crippen LogP contribution in [-0.2, 0) is 18.7 Å². The topological polar surface area (TPSA) is 94.5 Å². The predicted molar refractivity (Wildman–Crippen MR) is 72.1 cm³/mol. The van der Waals surface area contributed by atoms with E-state index >= 15 is 0 Å². The summed E-state index contributed by atoms with van der Waals surface area (Å²) in [6.45, 7) is 3.66. The number of hydrogen-bond acceptors (Lipinski definition) is 8. The molecule has 20 heavy (non-hydrogen) atoms. The van der Waals surface area contributed by atoms with Gasteiger partial charge >= 0.3 is 0 Å². The van der Waals surface area contributed by atoms with Crippen molar-refractivity contribution in [2.24, 2.45) is 0 Å². The molecule has 0 bridgehead atoms. The lowest BCUT2D eigenvalue weighted by atomic mass is 10.5. The molecule has 8 nitrogen and oxygen atoms in total. The minimum atomic E-state index is 0.587. The minimum absolute atomic E-state index is 0.587. The Morgan fingerprint density at radius 3 is 3.10 bits per heavy atom. The van der Waals surface area contributed by atoms with Gasteiger partial charge in [-0.1, -0.05) is 23.8 Å². The summed E-state index contributed by atoms with van der Waals surface area (Å²) < 4.78 is 6.95. The Morgan fingerprint density at radius 1 is 1.45 bits per heavy atom. The first-order valence-corrected chi connectivity index (χ1v) is 7.77. The summed E-state index contributed by atoms with van der Waals surface area (Å²) in [4.78, 5) is 4.26. The van der Waals surface area contributed by atoms with Crippen molar-refractivity contribution in [3.8, 4) is 0 Å². The molecule has 2 aromatic rings. The van der Waals surface area contributed by atoms with E-state index in [1.807, 2.05) is 6.92 Å². The Hall–Kier alpha value is -1.48. The van der Waals surface area contributed by atoms with Gasteiger partial charge in [-0.3, -0.25) is 0 Å². The van der Waals surface area contributed by atoms with Crippen LogP contribution in [0.15, 0.2) is 9.68 Å². The summed E-state index contributed by atoms with van der Waals surface area (Å²) in [6, 6.07) is 0.702. The molecule has 0 aliphatic heterocycles. The highest BCUT2D eigenvalue weighted by Crippen LogP contribution is 2.20. The summed E-state index contributed by atoms with van der Waals surface area (Å²) in [7, 11) is 0. The van der Waals surface area contributed by atoms with Crippen LogP contribution in [0.25, 0.3) is 0 Å². The van der Waals surface area contributed by atoms with Gasteiger partial charge in [0.05, 0.1) is 12.3 Å². The van der Waals surface area contributed by atoms with Crippen LogP contribution < -0.4 is 5.32 Å². The molecule has 0 saturated heterocycles. The van der Waals surface area contributed by atoms with Gasteiger partial charge in [0, 0.05) is 19.0 Å². The molecule has 0 amide bonds. The van der Waals surface area contributed by atoms with E-state index in [4.69, 9.17) is 4.52 Å². The van der Waals surface area contributed by atoms with Crippen LogP contribution in [0.2, 0.25) is 0 Å². The zero-order chi connectivity index (χ0) is 13.8. The average molecular weight is 295 g/mol. The van der Waals surface area contributed by atoms with E-state index in [0.717, 1.165) is 30.5 Å². The zero-order valence-electron chi connectivity index (χ0n) is 11.3. The Bertz CT molecular complexity index is 550. The van der Waals surface area contributed by atoms with Crippen LogP contribution in [0.1, 0.15) is 31.5 Å². The van der Waals surface area contributed by atoms with E-state index in [1.54, 1.807) is 4.68 Å². The van der Waals surface area contributed by atoms with Gasteiger partial charge in [0.15, 0.2) is 5.82 Å². The van der Waals surface area contributed by atoms with Crippen LogP contribution in [0.5, 0.6) is 0 Å². The second-order valence-electron chi connectivity index (χ2n) is 4.66. The Morgan fingerprint density at radius 2 is 2.35 bits per heavy atom. The molecule has 0 atom stereocenters. The molecule has 0 radical (unpaired) electrons. The molecule has 2 heterocycles. The SMILES string of the molecule is CCc1noc(CSc2nnnn2CCNC2CC2)n1. The van der Waals surface area contributed by atoms with E-state index in [-0.39, 0.29) is 0 Å². The molecule has 0 spiro atoms. The molecular weight excluding hydrogens is 278 g/mol. The maximum Gasteiger partial charge on any atom is 0.237 e. The van der Waals surface area contributed by atoms with Gasteiger partial charge in [-0.2, -0.15) is 4.98 Å². The number of aryl methyl sites for hydroxylation is 1. The molecule has 1 aliphatic rings. The standard InChI is InChI=1S/C11H17N7OS/c1-2-9-13-10(19-15-9)7-20-11-14-16-17-18(11)6-5-12-8-3-4-8/h8,12H,2-7H2,1H3. The first-order chi connectivity index (χ1) is 9.85. The highest BCUT2D eigenvalue weighted by Gasteiger charge is 2.20. The largest absolute Gasteiger partial charge is 0.338 e. The molecule has 0 aromatic carbocycles. The van der Waals surface area contributed by atoms with Crippen molar-refractivity contribution in [3.63, 3.8) is 0 Å². The molecule has 0 unspecified atom stereocenters. The van der Waals surface area contributed by atoms with Crippen LogP contribution in [0.4, 0.5) is 0 Å². The molecule has 1 fully saturated rings. The lowest BCUT2D eigenvalue weighted by Gasteiger charge is -2.04. The van der Waals surface area contributed by atoms with Crippen molar-refractivity contribution in [2.75, 3.05) is 6.54 Å². The molecule has 1 aliphatic carbocycles. The summed E-state index contributed by atoms with van der Waals surface area (Å²) in [5.41, 5.74) is 0. The van der Waals surface area contributed by atoms with Gasteiger partial charge < -0.3 is 9.84 Å². The number of rotatable bonds is 8. The normalized spacial score (nSPS) is 14.8. The second kappa shape index (κ2) is 6.31. The summed E-state index contributed by atoms with van der Waals surface area (Å²) in [5.74, 6) is 1.93. The van der Waals surface area contributed by atoms with Gasteiger partial charge in [0.2, 0.25) is 11.0 Å². The third-order valence-corrected chi connectivity index (χ3v) is 3.93. The van der Waals surface area contributed by atoms with Crippen molar-refractivity contribution >= 4 is 11.8 Å². The van der Waals surface area contributed by atoms with Crippen LogP contribution in [-0.4, -0.2) is 42.9 Å². The van der Waals surface area contributed by atoms with Crippen LogP contribution in [0.3, 0.4) is 0 Å². The first-order valence-electron chi connectivity index (χ1n) is 6.79. The number of aromatic nitrogens is 6. The second-order valence-corrected chi connectivity index (χ2v) is 5.60. The van der Waals surface area contributed by atoms with E-state index in [0.29, 0.717) is 17.7 Å². The smallest absolute Gasteiger partial charge is 0.237 e. The highest BCUT2D eigenvalue weighted by molar-refractivity contribution is 7.98. The van der Waals surface area contributed by atoms with E-state index in [1.165, 1.54) is 24.6 Å². The fourth-order valence-electron chi connectivity index (χ4n) is 1.72. The van der Waals surface area contributed by atoms with Crippen LogP contribution >= 0.6 is 11.8 Å². The van der Waals surface area contributed by atoms with Gasteiger partial charge in [-0.15, -0.1) is 5.10 Å². The van der Waals surface area contributed by atoms with Crippen molar-refractivity contribution in [2.45, 2.75) is 49.7 Å². The highest BCUT2D eigenvalue weighted by atomic mass is 32.2. The monoisotopic (exact) mass is 295 g/mol. The van der Waals surface area contributed by atoms with Crippen molar-refractivity contribution in [1.29, 1.82) is 0 Å². The van der Waals surface area contributed by atoms with Gasteiger partial charge in [0.25, 0.3) is 0 Å². The number of thioether (sulfide) groups is 1. The molecule has 3 rings (SSSR count). The lowest BCUT2D eigenvalue weighted by Crippen LogP contribution is -2.22. The molecule has 1 saturated carbocycles. The number of nitrogens with one attached hydrogen (secondary N) is 1. The third kappa shape index (κ3) is 3.54. The Kier molecular flexibility index (Phi) is 4.26. The molecule has 1 N–H and O–H groups in total. The van der Waals surface area contributed by atoms with Gasteiger partial charge in [-0.05, 0) is 23.3 Å². The third-order valence-electron chi connectivity index (χ3n) is 2.98. The average Bonchev–Trinajstić information content (AvgIpc) is 3.00. The quantitative estimate of drug-likeness (QED) is 0.710. The minimum Gasteiger partial charge on any atom is -0.338 e. The number of hydrogen-bond donors (Lipinski definition) is 1. The fourth-order valence-corrected chi connectivity index (χ4v) is 2.46. The van der Waals surface area contributed by atoms with E-state index in [2.05, 4.69) is 31.0 Å². The van der Waals surface area contributed by atoms with Crippen molar-refractivity contribution in [3.05, 3.63) is 11.7 Å². The fraction of sp³-hybridized carbons (Fsp3) is 0.727. The Labute approximate surface area is 120 Å². The van der Waals surface area contributed by atoms with Gasteiger partial charge in [-0.25, -0.2) is 4.68 Å². The Balaban J connectivity index is 1.50. The predicted octanol–water partition coefficient (Wildman–Crippen LogP) is 0.663. The van der Waals surface area contributed by atoms with Crippen molar-refractivity contribution in [1.82, 2.24) is 35.7 Å². The van der Waals surface area contributed by atoms with Gasteiger partial charge in [0.1, 0.15) is 0 Å². The summed E-state index contributed by atoms with van der Waals surface area (Å²) >= 11 is 1.51. The molecule has 9 heteroatoms. The maximum atomic E-state index is 5.14. The van der Waals surface area contributed by atoms with E-state index in [9.17, 15) is 0 Å². The number of nitrogens with zero attached hydrogens (tertiary/aromatic N) is 6. The summed E-state index contributed by atoms with van der Waals surface area (Å²) in [5, 5.41) is 19.8. The molecule has 2 aromatic heterocycles.